The highest BCUT2D eigenvalue weighted by molar-refractivity contribution is 8.72. The SMILES string of the molecule is O=[N+]([O-])c1ccc(-c2cc(-c3cc4ccccc4o3)nc(SS(=O)(=O)c3ccc([N+](=O)[O-])cc3)n2)cc1. The first-order chi connectivity index (χ1) is 17.7. The summed E-state index contributed by atoms with van der Waals surface area (Å²) in [6, 6.07) is 20.8. The number of fused-ring (bicyclic) bond motifs is 1. The van der Waals surface area contributed by atoms with Gasteiger partial charge in [-0.3, -0.25) is 20.2 Å². The average Bonchev–Trinajstić information content (AvgIpc) is 3.33. The van der Waals surface area contributed by atoms with Crippen LogP contribution in [0.5, 0.6) is 0 Å². The molecule has 0 amide bonds. The second kappa shape index (κ2) is 9.44. The van der Waals surface area contributed by atoms with Gasteiger partial charge in [0.2, 0.25) is 14.0 Å². The highest BCUT2D eigenvalue weighted by Crippen LogP contribution is 2.35. The Kier molecular flexibility index (Phi) is 6.15. The van der Waals surface area contributed by atoms with Crippen molar-refractivity contribution in [1.82, 2.24) is 9.97 Å². The number of benzene rings is 3. The molecule has 0 bridgehead atoms. The summed E-state index contributed by atoms with van der Waals surface area (Å²) in [5, 5.41) is 22.6. The maximum Gasteiger partial charge on any atom is 0.269 e. The van der Waals surface area contributed by atoms with Crippen molar-refractivity contribution in [2.75, 3.05) is 0 Å². The van der Waals surface area contributed by atoms with E-state index in [2.05, 4.69) is 9.97 Å². The van der Waals surface area contributed by atoms with E-state index in [9.17, 15) is 28.6 Å². The lowest BCUT2D eigenvalue weighted by molar-refractivity contribution is -0.385. The minimum absolute atomic E-state index is 0.106. The summed E-state index contributed by atoms with van der Waals surface area (Å²) in [5.74, 6) is 0.376. The van der Waals surface area contributed by atoms with Crippen molar-refractivity contribution in [3.8, 4) is 22.7 Å². The Balaban J connectivity index is 1.59. The third-order valence-corrected chi connectivity index (χ3v) is 8.36. The minimum atomic E-state index is -4.05. The molecule has 5 rings (SSSR count). The minimum Gasteiger partial charge on any atom is -0.454 e. The van der Waals surface area contributed by atoms with Crippen LogP contribution in [0, 0.1) is 20.2 Å². The molecule has 2 aromatic heterocycles. The van der Waals surface area contributed by atoms with Crippen LogP contribution in [0.25, 0.3) is 33.7 Å². The first-order valence-electron chi connectivity index (χ1n) is 10.5. The van der Waals surface area contributed by atoms with E-state index in [1.165, 1.54) is 24.3 Å². The van der Waals surface area contributed by atoms with Crippen LogP contribution < -0.4 is 0 Å². The Morgan fingerprint density at radius 3 is 1.97 bits per heavy atom. The molecule has 0 fully saturated rings. The van der Waals surface area contributed by atoms with Crippen LogP contribution in [-0.4, -0.2) is 28.2 Å². The zero-order valence-corrected chi connectivity index (χ0v) is 20.2. The van der Waals surface area contributed by atoms with Gasteiger partial charge in [0, 0.05) is 35.2 Å². The van der Waals surface area contributed by atoms with Crippen molar-refractivity contribution in [2.45, 2.75) is 10.1 Å². The van der Waals surface area contributed by atoms with Gasteiger partial charge >= 0.3 is 0 Å². The number of non-ortho nitro benzene ring substituents is 2. The Hall–Kier alpha value is -4.62. The maximum atomic E-state index is 13.1. The average molecular weight is 535 g/mol. The number of furan rings is 1. The maximum absolute atomic E-state index is 13.1. The van der Waals surface area contributed by atoms with E-state index in [0.29, 0.717) is 39.1 Å². The van der Waals surface area contributed by atoms with Gasteiger partial charge < -0.3 is 4.42 Å². The van der Waals surface area contributed by atoms with E-state index in [4.69, 9.17) is 4.42 Å². The van der Waals surface area contributed by atoms with Crippen LogP contribution in [0.2, 0.25) is 0 Å². The number of nitro benzene ring substituents is 2. The van der Waals surface area contributed by atoms with Crippen molar-refractivity contribution in [3.05, 3.63) is 105 Å². The standard InChI is InChI=1S/C24H14N4O7S2/c29-27(30)17-7-5-15(6-8-17)20-14-21(23-13-16-3-1-2-4-22(16)35-23)26-24(25-20)36-37(33,34)19-11-9-18(10-12-19)28(31)32/h1-14H. The van der Waals surface area contributed by atoms with Crippen LogP contribution in [0.15, 0.2) is 99.4 Å². The van der Waals surface area contributed by atoms with E-state index in [1.54, 1.807) is 18.2 Å². The monoisotopic (exact) mass is 534 g/mol. The third-order valence-electron chi connectivity index (χ3n) is 5.28. The predicted octanol–water partition coefficient (Wildman–Crippen LogP) is 5.85. The zero-order valence-electron chi connectivity index (χ0n) is 18.5. The predicted molar refractivity (Wildman–Crippen MR) is 135 cm³/mol. The Morgan fingerprint density at radius 1 is 0.757 bits per heavy atom. The summed E-state index contributed by atoms with van der Waals surface area (Å²) < 4.78 is 32.0. The summed E-state index contributed by atoms with van der Waals surface area (Å²) in [5.41, 5.74) is 1.39. The van der Waals surface area contributed by atoms with E-state index < -0.39 is 18.7 Å². The fraction of sp³-hybridized carbons (Fsp3) is 0. The second-order valence-corrected chi connectivity index (χ2v) is 11.4. The van der Waals surface area contributed by atoms with Crippen LogP contribution in [0.4, 0.5) is 11.4 Å². The molecule has 11 nitrogen and oxygen atoms in total. The summed E-state index contributed by atoms with van der Waals surface area (Å²) in [4.78, 5) is 29.4. The molecule has 0 saturated heterocycles. The van der Waals surface area contributed by atoms with Gasteiger partial charge in [-0.15, -0.1) is 0 Å². The number of hydrogen-bond donors (Lipinski definition) is 0. The van der Waals surface area contributed by atoms with Crippen LogP contribution in [0.3, 0.4) is 0 Å². The molecule has 37 heavy (non-hydrogen) atoms. The Bertz CT molecular complexity index is 1730. The highest BCUT2D eigenvalue weighted by atomic mass is 33.1. The van der Waals surface area contributed by atoms with E-state index in [0.717, 1.165) is 29.7 Å². The first kappa shape index (κ1) is 24.1. The molecule has 0 unspecified atom stereocenters. The molecule has 184 valence electrons. The molecule has 0 atom stereocenters. The van der Waals surface area contributed by atoms with Gasteiger partial charge in [-0.1, -0.05) is 18.2 Å². The van der Waals surface area contributed by atoms with E-state index in [1.807, 2.05) is 18.2 Å². The van der Waals surface area contributed by atoms with Crippen molar-refractivity contribution < 1.29 is 22.7 Å². The number of nitro groups is 2. The molecule has 0 aliphatic rings. The molecule has 13 heteroatoms. The van der Waals surface area contributed by atoms with Gasteiger partial charge in [0.15, 0.2) is 5.76 Å². The Labute approximate surface area is 212 Å². The van der Waals surface area contributed by atoms with Crippen molar-refractivity contribution in [2.24, 2.45) is 0 Å². The summed E-state index contributed by atoms with van der Waals surface area (Å²) in [7, 11) is -3.67. The van der Waals surface area contributed by atoms with Gasteiger partial charge in [0.25, 0.3) is 11.4 Å². The number of hydrogen-bond acceptors (Lipinski definition) is 10. The molecule has 0 spiro atoms. The molecular formula is C24H14N4O7S2. The second-order valence-electron chi connectivity index (χ2n) is 7.66. The highest BCUT2D eigenvalue weighted by Gasteiger charge is 2.22. The molecule has 0 aliphatic carbocycles. The molecule has 5 aromatic rings. The Morgan fingerprint density at radius 2 is 1.35 bits per heavy atom. The van der Waals surface area contributed by atoms with E-state index in [-0.39, 0.29) is 21.4 Å². The third kappa shape index (κ3) is 5.03. The number of para-hydroxylation sites is 1. The zero-order chi connectivity index (χ0) is 26.2. The molecule has 0 saturated carbocycles. The van der Waals surface area contributed by atoms with E-state index >= 15 is 0 Å². The lowest BCUT2D eigenvalue weighted by Crippen LogP contribution is -2.00. The van der Waals surface area contributed by atoms with Crippen molar-refractivity contribution >= 4 is 42.0 Å². The summed E-state index contributed by atoms with van der Waals surface area (Å²) >= 11 is 0. The fourth-order valence-electron chi connectivity index (χ4n) is 3.48. The van der Waals surface area contributed by atoms with Crippen LogP contribution in [-0.2, 0) is 8.87 Å². The molecule has 0 N–H and O–H groups in total. The van der Waals surface area contributed by atoms with Crippen LogP contribution >= 0.6 is 10.8 Å². The molecule has 0 radical (unpaired) electrons. The number of aromatic nitrogens is 2. The smallest absolute Gasteiger partial charge is 0.269 e. The summed E-state index contributed by atoms with van der Waals surface area (Å²) in [6.07, 6.45) is 0. The van der Waals surface area contributed by atoms with Crippen LogP contribution in [0.1, 0.15) is 0 Å². The largest absolute Gasteiger partial charge is 0.454 e. The molecule has 2 heterocycles. The van der Waals surface area contributed by atoms with Gasteiger partial charge in [0.05, 0.1) is 31.2 Å². The molecule has 0 aliphatic heterocycles. The topological polar surface area (TPSA) is 159 Å². The van der Waals surface area contributed by atoms with Crippen molar-refractivity contribution in [3.63, 3.8) is 0 Å². The number of rotatable bonds is 7. The summed E-state index contributed by atoms with van der Waals surface area (Å²) in [6.45, 7) is 0. The number of nitrogens with zero attached hydrogens (tertiary/aromatic N) is 4. The quantitative estimate of drug-likeness (QED) is 0.107. The van der Waals surface area contributed by atoms with Gasteiger partial charge in [-0.05, 0) is 42.5 Å². The lowest BCUT2D eigenvalue weighted by atomic mass is 10.1. The van der Waals surface area contributed by atoms with Gasteiger partial charge in [0.1, 0.15) is 11.3 Å². The van der Waals surface area contributed by atoms with Gasteiger partial charge in [-0.25, -0.2) is 18.4 Å². The van der Waals surface area contributed by atoms with Crippen molar-refractivity contribution in [1.29, 1.82) is 0 Å². The lowest BCUT2D eigenvalue weighted by Gasteiger charge is -2.08. The fourth-order valence-corrected chi connectivity index (χ4v) is 5.95. The molecular weight excluding hydrogens is 520 g/mol. The van der Waals surface area contributed by atoms with Gasteiger partial charge in [-0.2, -0.15) is 0 Å². The first-order valence-corrected chi connectivity index (χ1v) is 13.3. The molecule has 3 aromatic carbocycles. The normalized spacial score (nSPS) is 11.5.